The van der Waals surface area contributed by atoms with Crippen molar-refractivity contribution >= 4 is 5.78 Å². The van der Waals surface area contributed by atoms with Crippen LogP contribution in [0.5, 0.6) is 0 Å². The maximum Gasteiger partial charge on any atom is 0.136 e. The lowest BCUT2D eigenvalue weighted by molar-refractivity contribution is -0.126. The third-order valence-electron chi connectivity index (χ3n) is 3.22. The Morgan fingerprint density at radius 3 is 2.77 bits per heavy atom. The van der Waals surface area contributed by atoms with Gasteiger partial charge in [-0.25, -0.2) is 0 Å². The first-order chi connectivity index (χ1) is 6.15. The number of rotatable bonds is 3. The molecule has 0 amide bonds. The Kier molecular flexibility index (Phi) is 3.91. The van der Waals surface area contributed by atoms with Crippen molar-refractivity contribution in [2.75, 3.05) is 6.61 Å². The van der Waals surface area contributed by atoms with Crippen LogP contribution in [-0.2, 0) is 4.79 Å². The molecule has 0 bridgehead atoms. The molecule has 1 saturated carbocycles. The number of carbonyl (C=O) groups excluding carboxylic acids is 1. The smallest absolute Gasteiger partial charge is 0.136 e. The standard InChI is InChI=1S/C11H20O2/c1-8(2)9-3-4-11(13)10(7-9)5-6-12/h8-10,12H,3-7H2,1-2H3. The van der Waals surface area contributed by atoms with Gasteiger partial charge in [-0.2, -0.15) is 0 Å². The van der Waals surface area contributed by atoms with E-state index in [9.17, 15) is 4.79 Å². The minimum absolute atomic E-state index is 0.145. The summed E-state index contributed by atoms with van der Waals surface area (Å²) in [6.07, 6.45) is 3.45. The Morgan fingerprint density at radius 2 is 2.23 bits per heavy atom. The molecule has 2 unspecified atom stereocenters. The van der Waals surface area contributed by atoms with Crippen molar-refractivity contribution in [3.63, 3.8) is 0 Å². The molecule has 1 aliphatic carbocycles. The number of hydrogen-bond donors (Lipinski definition) is 1. The van der Waals surface area contributed by atoms with Crippen LogP contribution in [-0.4, -0.2) is 17.5 Å². The first-order valence-corrected chi connectivity index (χ1v) is 5.28. The highest BCUT2D eigenvalue weighted by atomic mass is 16.3. The van der Waals surface area contributed by atoms with Gasteiger partial charge in [0.25, 0.3) is 0 Å². The number of Topliss-reactive ketones (excluding diaryl/α,β-unsaturated/α-hetero) is 1. The molecule has 0 aromatic carbocycles. The van der Waals surface area contributed by atoms with E-state index in [0.29, 0.717) is 24.0 Å². The van der Waals surface area contributed by atoms with E-state index in [0.717, 1.165) is 19.3 Å². The van der Waals surface area contributed by atoms with Gasteiger partial charge in [0.1, 0.15) is 5.78 Å². The van der Waals surface area contributed by atoms with Gasteiger partial charge in [0.15, 0.2) is 0 Å². The van der Waals surface area contributed by atoms with Crippen LogP contribution >= 0.6 is 0 Å². The second kappa shape index (κ2) is 4.75. The van der Waals surface area contributed by atoms with Crippen LogP contribution in [0.15, 0.2) is 0 Å². The maximum atomic E-state index is 11.4. The van der Waals surface area contributed by atoms with Gasteiger partial charge >= 0.3 is 0 Å². The summed E-state index contributed by atoms with van der Waals surface area (Å²) >= 11 is 0. The average molecular weight is 184 g/mol. The topological polar surface area (TPSA) is 37.3 Å². The molecule has 0 spiro atoms. The maximum absolute atomic E-state index is 11.4. The average Bonchev–Trinajstić information content (AvgIpc) is 2.08. The molecular weight excluding hydrogens is 164 g/mol. The van der Waals surface area contributed by atoms with Crippen LogP contribution in [0, 0.1) is 17.8 Å². The van der Waals surface area contributed by atoms with Crippen molar-refractivity contribution in [3.8, 4) is 0 Å². The fourth-order valence-corrected chi connectivity index (χ4v) is 2.19. The van der Waals surface area contributed by atoms with Gasteiger partial charge in [-0.05, 0) is 31.1 Å². The van der Waals surface area contributed by atoms with E-state index in [1.807, 2.05) is 0 Å². The Morgan fingerprint density at radius 1 is 1.54 bits per heavy atom. The zero-order valence-corrected chi connectivity index (χ0v) is 8.62. The van der Waals surface area contributed by atoms with Gasteiger partial charge in [-0.1, -0.05) is 13.8 Å². The van der Waals surface area contributed by atoms with Crippen molar-refractivity contribution < 1.29 is 9.90 Å². The number of aliphatic hydroxyl groups excluding tert-OH is 1. The van der Waals surface area contributed by atoms with Crippen LogP contribution in [0.25, 0.3) is 0 Å². The van der Waals surface area contributed by atoms with E-state index in [4.69, 9.17) is 5.11 Å². The Labute approximate surface area is 80.3 Å². The van der Waals surface area contributed by atoms with Gasteiger partial charge < -0.3 is 5.11 Å². The Hall–Kier alpha value is -0.370. The van der Waals surface area contributed by atoms with Crippen molar-refractivity contribution in [1.82, 2.24) is 0 Å². The fraction of sp³-hybridized carbons (Fsp3) is 0.909. The van der Waals surface area contributed by atoms with E-state index in [2.05, 4.69) is 13.8 Å². The Balaban J connectivity index is 2.47. The molecule has 0 saturated heterocycles. The molecule has 2 heteroatoms. The molecule has 0 heterocycles. The highest BCUT2D eigenvalue weighted by molar-refractivity contribution is 5.81. The molecule has 0 aromatic rings. The predicted molar refractivity (Wildman–Crippen MR) is 52.4 cm³/mol. The first-order valence-electron chi connectivity index (χ1n) is 5.28. The summed E-state index contributed by atoms with van der Waals surface area (Å²) in [5, 5.41) is 8.81. The lowest BCUT2D eigenvalue weighted by atomic mass is 9.74. The van der Waals surface area contributed by atoms with Crippen molar-refractivity contribution in [1.29, 1.82) is 0 Å². The van der Waals surface area contributed by atoms with Crippen LogP contribution < -0.4 is 0 Å². The van der Waals surface area contributed by atoms with E-state index >= 15 is 0 Å². The zero-order valence-electron chi connectivity index (χ0n) is 8.62. The second-order valence-electron chi connectivity index (χ2n) is 4.45. The molecule has 2 atom stereocenters. The molecule has 0 radical (unpaired) electrons. The lowest BCUT2D eigenvalue weighted by Crippen LogP contribution is -2.28. The minimum atomic E-state index is 0.145. The SMILES string of the molecule is CC(C)C1CCC(=O)C(CCO)C1. The molecular formula is C11H20O2. The third kappa shape index (κ3) is 2.80. The minimum Gasteiger partial charge on any atom is -0.396 e. The van der Waals surface area contributed by atoms with Crippen LogP contribution in [0.3, 0.4) is 0 Å². The number of ketones is 1. The summed E-state index contributed by atoms with van der Waals surface area (Å²) in [5.41, 5.74) is 0. The molecule has 1 rings (SSSR count). The summed E-state index contributed by atoms with van der Waals surface area (Å²) in [4.78, 5) is 11.4. The molecule has 13 heavy (non-hydrogen) atoms. The fourth-order valence-electron chi connectivity index (χ4n) is 2.19. The second-order valence-corrected chi connectivity index (χ2v) is 4.45. The number of hydrogen-bond acceptors (Lipinski definition) is 2. The number of carbonyl (C=O) groups is 1. The summed E-state index contributed by atoms with van der Waals surface area (Å²) in [6, 6.07) is 0. The molecule has 1 N–H and O–H groups in total. The van der Waals surface area contributed by atoms with Crippen LogP contribution in [0.1, 0.15) is 39.5 Å². The summed E-state index contributed by atoms with van der Waals surface area (Å²) in [5.74, 6) is 1.88. The zero-order chi connectivity index (χ0) is 9.84. The predicted octanol–water partition coefficient (Wildman–Crippen LogP) is 2.01. The largest absolute Gasteiger partial charge is 0.396 e. The Bertz CT molecular complexity index is 175. The molecule has 76 valence electrons. The van der Waals surface area contributed by atoms with Crippen LogP contribution in [0.4, 0.5) is 0 Å². The van der Waals surface area contributed by atoms with E-state index in [1.165, 1.54) is 0 Å². The van der Waals surface area contributed by atoms with Gasteiger partial charge in [-0.15, -0.1) is 0 Å². The highest BCUT2D eigenvalue weighted by Gasteiger charge is 2.29. The van der Waals surface area contributed by atoms with E-state index < -0.39 is 0 Å². The van der Waals surface area contributed by atoms with Crippen molar-refractivity contribution in [3.05, 3.63) is 0 Å². The summed E-state index contributed by atoms with van der Waals surface area (Å²) in [7, 11) is 0. The normalized spacial score (nSPS) is 29.7. The van der Waals surface area contributed by atoms with Crippen molar-refractivity contribution in [2.45, 2.75) is 39.5 Å². The van der Waals surface area contributed by atoms with E-state index in [-0.39, 0.29) is 12.5 Å². The molecule has 1 aliphatic rings. The quantitative estimate of drug-likeness (QED) is 0.728. The van der Waals surface area contributed by atoms with Crippen LogP contribution in [0.2, 0.25) is 0 Å². The highest BCUT2D eigenvalue weighted by Crippen LogP contribution is 2.32. The lowest BCUT2D eigenvalue weighted by Gasteiger charge is -2.30. The molecule has 1 fully saturated rings. The molecule has 0 aliphatic heterocycles. The summed E-state index contributed by atoms with van der Waals surface area (Å²) in [6.45, 7) is 4.59. The van der Waals surface area contributed by atoms with Gasteiger partial charge in [0.05, 0.1) is 0 Å². The molecule has 2 nitrogen and oxygen atoms in total. The monoisotopic (exact) mass is 184 g/mol. The van der Waals surface area contributed by atoms with Crippen molar-refractivity contribution in [2.24, 2.45) is 17.8 Å². The van der Waals surface area contributed by atoms with Gasteiger partial charge in [0, 0.05) is 18.9 Å². The first kappa shape index (κ1) is 10.7. The summed E-state index contributed by atoms with van der Waals surface area (Å²) < 4.78 is 0. The van der Waals surface area contributed by atoms with Gasteiger partial charge in [-0.3, -0.25) is 4.79 Å². The number of aliphatic hydroxyl groups is 1. The van der Waals surface area contributed by atoms with Gasteiger partial charge in [0.2, 0.25) is 0 Å². The molecule has 0 aromatic heterocycles. The van der Waals surface area contributed by atoms with E-state index in [1.54, 1.807) is 0 Å². The third-order valence-corrected chi connectivity index (χ3v) is 3.22.